The molecule has 1 aliphatic carbocycles. The first-order valence-electron chi connectivity index (χ1n) is 13.2. The molecule has 0 saturated heterocycles. The van der Waals surface area contributed by atoms with Crippen molar-refractivity contribution in [2.45, 2.75) is 78.4 Å². The molecule has 7 heteroatoms. The Morgan fingerprint density at radius 2 is 2.00 bits per heavy atom. The summed E-state index contributed by atoms with van der Waals surface area (Å²) in [5.74, 6) is 1.13. The molecule has 2 aromatic heterocycles. The van der Waals surface area contributed by atoms with Crippen LogP contribution < -0.4 is 5.56 Å². The number of rotatable bonds is 11. The predicted molar refractivity (Wildman–Crippen MR) is 142 cm³/mol. The van der Waals surface area contributed by atoms with Crippen molar-refractivity contribution < 1.29 is 14.3 Å². The maximum absolute atomic E-state index is 13.0. The number of pyridine rings is 1. The van der Waals surface area contributed by atoms with Gasteiger partial charge in [0.15, 0.2) is 0 Å². The zero-order valence-electron chi connectivity index (χ0n) is 22.0. The van der Waals surface area contributed by atoms with E-state index in [4.69, 9.17) is 14.5 Å². The molecule has 0 amide bonds. The molecule has 1 aliphatic rings. The first kappa shape index (κ1) is 26.1. The van der Waals surface area contributed by atoms with E-state index in [1.807, 2.05) is 6.07 Å². The lowest BCUT2D eigenvalue weighted by Crippen LogP contribution is -2.24. The molecular weight excluding hydrogens is 454 g/mol. The van der Waals surface area contributed by atoms with Gasteiger partial charge in [-0.2, -0.15) is 0 Å². The van der Waals surface area contributed by atoms with Gasteiger partial charge in [0.05, 0.1) is 23.6 Å². The summed E-state index contributed by atoms with van der Waals surface area (Å²) in [7, 11) is 1.69. The SMILES string of the molecule is COCCn1c(-c2c[nH]c(=O)c(C)c2)nc2cc(CC[C@@H](CC(C)C)C(=O)OC3CCCC3)ccc21. The number of fused-ring (bicyclic) bond motifs is 1. The summed E-state index contributed by atoms with van der Waals surface area (Å²) < 4.78 is 13.3. The van der Waals surface area contributed by atoms with Gasteiger partial charge in [0, 0.05) is 31.0 Å². The normalized spacial score (nSPS) is 15.1. The third-order valence-electron chi connectivity index (χ3n) is 7.13. The van der Waals surface area contributed by atoms with E-state index in [1.54, 1.807) is 20.2 Å². The molecule has 1 fully saturated rings. The van der Waals surface area contributed by atoms with E-state index in [9.17, 15) is 9.59 Å². The van der Waals surface area contributed by atoms with E-state index in [0.29, 0.717) is 24.6 Å². The van der Waals surface area contributed by atoms with Crippen LogP contribution in [0.15, 0.2) is 35.3 Å². The van der Waals surface area contributed by atoms with E-state index in [0.717, 1.165) is 72.9 Å². The van der Waals surface area contributed by atoms with Crippen LogP contribution in [-0.4, -0.2) is 40.3 Å². The highest BCUT2D eigenvalue weighted by Gasteiger charge is 2.26. The Morgan fingerprint density at radius 3 is 2.69 bits per heavy atom. The van der Waals surface area contributed by atoms with Crippen molar-refractivity contribution in [1.82, 2.24) is 14.5 Å². The summed E-state index contributed by atoms with van der Waals surface area (Å²) in [6.07, 6.45) is 8.54. The molecule has 1 saturated carbocycles. The maximum atomic E-state index is 13.0. The van der Waals surface area contributed by atoms with Gasteiger partial charge in [-0.25, -0.2) is 4.98 Å². The molecule has 4 rings (SSSR count). The fraction of sp³-hybridized carbons (Fsp3) is 0.552. The zero-order valence-corrected chi connectivity index (χ0v) is 22.0. The molecule has 3 aromatic rings. The van der Waals surface area contributed by atoms with Crippen LogP contribution in [0.25, 0.3) is 22.4 Å². The van der Waals surface area contributed by atoms with Crippen molar-refractivity contribution in [1.29, 1.82) is 0 Å². The smallest absolute Gasteiger partial charge is 0.309 e. The molecule has 0 aliphatic heterocycles. The number of imidazole rings is 1. The maximum Gasteiger partial charge on any atom is 0.309 e. The van der Waals surface area contributed by atoms with Crippen LogP contribution in [0.2, 0.25) is 0 Å². The second-order valence-electron chi connectivity index (χ2n) is 10.5. The van der Waals surface area contributed by atoms with Crippen LogP contribution >= 0.6 is 0 Å². The van der Waals surface area contributed by atoms with E-state index in [2.05, 4.69) is 41.6 Å². The van der Waals surface area contributed by atoms with Crippen molar-refractivity contribution in [2.75, 3.05) is 13.7 Å². The average Bonchev–Trinajstić information content (AvgIpc) is 3.49. The highest BCUT2D eigenvalue weighted by Crippen LogP contribution is 2.28. The number of aromatic amines is 1. The molecule has 1 atom stereocenters. The minimum atomic E-state index is -0.0944. The molecule has 0 bridgehead atoms. The van der Waals surface area contributed by atoms with Gasteiger partial charge in [-0.05, 0) is 81.5 Å². The van der Waals surface area contributed by atoms with Crippen LogP contribution in [0.3, 0.4) is 0 Å². The molecule has 36 heavy (non-hydrogen) atoms. The van der Waals surface area contributed by atoms with Gasteiger partial charge < -0.3 is 19.0 Å². The van der Waals surface area contributed by atoms with Crippen molar-refractivity contribution in [3.8, 4) is 11.4 Å². The minimum absolute atomic E-state index is 0.0313. The Balaban J connectivity index is 1.56. The van der Waals surface area contributed by atoms with Gasteiger partial charge in [0.25, 0.3) is 5.56 Å². The molecule has 7 nitrogen and oxygen atoms in total. The average molecular weight is 494 g/mol. The quantitative estimate of drug-likeness (QED) is 0.360. The van der Waals surface area contributed by atoms with Crippen molar-refractivity contribution in [3.05, 3.63) is 51.9 Å². The zero-order chi connectivity index (χ0) is 25.7. The number of esters is 1. The number of nitrogens with zero attached hydrogens (tertiary/aromatic N) is 2. The summed E-state index contributed by atoms with van der Waals surface area (Å²) in [6, 6.07) is 8.22. The topological polar surface area (TPSA) is 86.2 Å². The predicted octanol–water partition coefficient (Wildman–Crippen LogP) is 5.43. The van der Waals surface area contributed by atoms with Gasteiger partial charge in [0.2, 0.25) is 0 Å². The van der Waals surface area contributed by atoms with Crippen LogP contribution in [0.4, 0.5) is 0 Å². The van der Waals surface area contributed by atoms with Crippen molar-refractivity contribution >= 4 is 17.0 Å². The van der Waals surface area contributed by atoms with Crippen LogP contribution in [-0.2, 0) is 27.2 Å². The summed E-state index contributed by atoms with van der Waals surface area (Å²) >= 11 is 0. The Kier molecular flexibility index (Phi) is 8.62. The molecule has 2 heterocycles. The van der Waals surface area contributed by atoms with E-state index < -0.39 is 0 Å². The number of benzene rings is 1. The Bertz CT molecular complexity index is 1240. The highest BCUT2D eigenvalue weighted by molar-refractivity contribution is 5.81. The van der Waals surface area contributed by atoms with E-state index in [1.165, 1.54) is 0 Å². The number of nitrogens with one attached hydrogen (secondary N) is 1. The summed E-state index contributed by atoms with van der Waals surface area (Å²) in [5, 5.41) is 0. The first-order chi connectivity index (χ1) is 17.4. The van der Waals surface area contributed by atoms with Crippen molar-refractivity contribution in [3.63, 3.8) is 0 Å². The number of ether oxygens (including phenoxy) is 2. The molecule has 1 aromatic carbocycles. The van der Waals surface area contributed by atoms with Gasteiger partial charge in [-0.15, -0.1) is 0 Å². The fourth-order valence-electron chi connectivity index (χ4n) is 5.20. The number of methoxy groups -OCH3 is 1. The van der Waals surface area contributed by atoms with Crippen LogP contribution in [0.1, 0.15) is 63.5 Å². The first-order valence-corrected chi connectivity index (χ1v) is 13.2. The van der Waals surface area contributed by atoms with E-state index in [-0.39, 0.29) is 23.6 Å². The Hall–Kier alpha value is -2.93. The van der Waals surface area contributed by atoms with Gasteiger partial charge in [-0.3, -0.25) is 9.59 Å². The number of aryl methyl sites for hydroxylation is 2. The lowest BCUT2D eigenvalue weighted by atomic mass is 9.91. The van der Waals surface area contributed by atoms with Crippen LogP contribution in [0, 0.1) is 18.8 Å². The lowest BCUT2D eigenvalue weighted by molar-refractivity contribution is -0.154. The molecular formula is C29H39N3O4. The van der Waals surface area contributed by atoms with Gasteiger partial charge in [0.1, 0.15) is 11.9 Å². The van der Waals surface area contributed by atoms with Gasteiger partial charge >= 0.3 is 5.97 Å². The number of carbonyl (C=O) groups excluding carboxylic acids is 1. The molecule has 0 spiro atoms. The number of aromatic nitrogens is 3. The summed E-state index contributed by atoms with van der Waals surface area (Å²) in [6.45, 7) is 7.34. The standard InChI is InChI=1S/C29H39N3O4/c1-19(2)15-22(29(34)36-24-7-5-6-8-24)11-9-21-10-12-26-25(17-21)31-27(32(26)13-14-35-4)23-16-20(3)28(33)30-18-23/h10,12,16-19,22,24H,5-9,11,13-15H2,1-4H3,(H,30,33)/t22-/m0/s1. The second-order valence-corrected chi connectivity index (χ2v) is 10.5. The van der Waals surface area contributed by atoms with Gasteiger partial charge in [-0.1, -0.05) is 19.9 Å². The fourth-order valence-corrected chi connectivity index (χ4v) is 5.20. The monoisotopic (exact) mass is 493 g/mol. The van der Waals surface area contributed by atoms with E-state index >= 15 is 0 Å². The van der Waals surface area contributed by atoms with Crippen molar-refractivity contribution in [2.24, 2.45) is 11.8 Å². The number of hydrogen-bond acceptors (Lipinski definition) is 5. The highest BCUT2D eigenvalue weighted by atomic mass is 16.5. The summed E-state index contributed by atoms with van der Waals surface area (Å²) in [5.41, 5.74) is 4.51. The molecule has 194 valence electrons. The number of carbonyl (C=O) groups is 1. The molecule has 0 unspecified atom stereocenters. The third-order valence-corrected chi connectivity index (χ3v) is 7.13. The Morgan fingerprint density at radius 1 is 1.22 bits per heavy atom. The largest absolute Gasteiger partial charge is 0.462 e. The molecule has 1 N–H and O–H groups in total. The van der Waals surface area contributed by atoms with Crippen LogP contribution in [0.5, 0.6) is 0 Å². The Labute approximate surface area is 213 Å². The minimum Gasteiger partial charge on any atom is -0.462 e. The second kappa shape index (κ2) is 11.9. The number of H-pyrrole nitrogens is 1. The summed E-state index contributed by atoms with van der Waals surface area (Å²) in [4.78, 5) is 32.6. The molecule has 0 radical (unpaired) electrons. The third kappa shape index (κ3) is 6.25. The lowest BCUT2D eigenvalue weighted by Gasteiger charge is -2.20. The number of hydrogen-bond donors (Lipinski definition) is 1.